The van der Waals surface area contributed by atoms with Crippen molar-refractivity contribution in [2.75, 3.05) is 6.61 Å². The van der Waals surface area contributed by atoms with Gasteiger partial charge in [-0.3, -0.25) is 4.68 Å². The molecule has 0 fully saturated rings. The maximum Gasteiger partial charge on any atom is 0.357 e. The van der Waals surface area contributed by atoms with Crippen molar-refractivity contribution in [2.24, 2.45) is 7.05 Å². The molecule has 0 amide bonds. The molecule has 0 N–H and O–H groups in total. The fraction of sp³-hybridized carbons (Fsp3) is 0.375. The molecule has 0 aliphatic carbocycles. The smallest absolute Gasteiger partial charge is 0.357 e. The zero-order chi connectivity index (χ0) is 10.7. The van der Waals surface area contributed by atoms with E-state index in [0.717, 1.165) is 10.9 Å². The summed E-state index contributed by atoms with van der Waals surface area (Å²) >= 11 is 0. The Morgan fingerprint density at radius 2 is 2.29 bits per heavy atom. The molecule has 14 heavy (non-hydrogen) atoms. The largest absolute Gasteiger partial charge is 0.545 e. The van der Waals surface area contributed by atoms with Crippen LogP contribution >= 0.6 is 0 Å². The van der Waals surface area contributed by atoms with Crippen molar-refractivity contribution in [1.29, 1.82) is 0 Å². The highest BCUT2D eigenvalue weighted by Gasteiger charge is 2.18. The van der Waals surface area contributed by atoms with E-state index in [2.05, 4.69) is 9.84 Å². The molecule has 0 saturated heterocycles. The van der Waals surface area contributed by atoms with Crippen LogP contribution in [0.25, 0.3) is 0 Å². The molecule has 0 bridgehead atoms. The minimum Gasteiger partial charge on any atom is -0.545 e. The van der Waals surface area contributed by atoms with E-state index in [1.807, 2.05) is 0 Å². The Hall–Kier alpha value is -1.85. The Balaban J connectivity index is 3.11. The Morgan fingerprint density at radius 3 is 2.79 bits per heavy atom. The van der Waals surface area contributed by atoms with E-state index in [-0.39, 0.29) is 17.9 Å². The minimum atomic E-state index is -1.44. The van der Waals surface area contributed by atoms with Crippen molar-refractivity contribution in [3.05, 3.63) is 17.5 Å². The Morgan fingerprint density at radius 1 is 1.64 bits per heavy atom. The fourth-order valence-electron chi connectivity index (χ4n) is 1.03. The maximum absolute atomic E-state index is 11.3. The van der Waals surface area contributed by atoms with E-state index < -0.39 is 11.9 Å². The van der Waals surface area contributed by atoms with E-state index >= 15 is 0 Å². The standard InChI is InChI=1S/C8H10N2O4/c1-3-14-8(13)6-5(7(11)12)4-9-10(6)2/h4H,3H2,1-2H3,(H,11,12)/p-1. The Kier molecular flexibility index (Phi) is 2.85. The van der Waals surface area contributed by atoms with Crippen molar-refractivity contribution >= 4 is 11.9 Å². The summed E-state index contributed by atoms with van der Waals surface area (Å²) in [5.41, 5.74) is -0.363. The van der Waals surface area contributed by atoms with Crippen molar-refractivity contribution in [1.82, 2.24) is 9.78 Å². The first kappa shape index (κ1) is 10.2. The van der Waals surface area contributed by atoms with Crippen LogP contribution in [0.4, 0.5) is 0 Å². The number of carboxylic acid groups (broad SMARTS) is 1. The first-order valence-electron chi connectivity index (χ1n) is 3.98. The van der Waals surface area contributed by atoms with Crippen molar-refractivity contribution < 1.29 is 19.4 Å². The van der Waals surface area contributed by atoms with Gasteiger partial charge in [0, 0.05) is 7.05 Å². The molecule has 1 heterocycles. The van der Waals surface area contributed by atoms with E-state index in [1.54, 1.807) is 6.92 Å². The number of carbonyl (C=O) groups excluding carboxylic acids is 2. The van der Waals surface area contributed by atoms with Gasteiger partial charge < -0.3 is 14.6 Å². The van der Waals surface area contributed by atoms with Crippen LogP contribution in [0.2, 0.25) is 0 Å². The average Bonchev–Trinajstić information content (AvgIpc) is 2.47. The number of hydrogen-bond acceptors (Lipinski definition) is 5. The monoisotopic (exact) mass is 197 g/mol. The number of ether oxygens (including phenoxy) is 1. The van der Waals surface area contributed by atoms with E-state index in [0.29, 0.717) is 0 Å². The van der Waals surface area contributed by atoms with Crippen LogP contribution in [0.15, 0.2) is 6.20 Å². The predicted octanol–water partition coefficient (Wildman–Crippen LogP) is -1.04. The van der Waals surface area contributed by atoms with Crippen LogP contribution in [0.3, 0.4) is 0 Å². The summed E-state index contributed by atoms with van der Waals surface area (Å²) in [6.45, 7) is 1.81. The second-order valence-electron chi connectivity index (χ2n) is 2.54. The van der Waals surface area contributed by atoms with Gasteiger partial charge in [0.2, 0.25) is 0 Å². The van der Waals surface area contributed by atoms with Gasteiger partial charge >= 0.3 is 5.97 Å². The quantitative estimate of drug-likeness (QED) is 0.578. The zero-order valence-electron chi connectivity index (χ0n) is 7.81. The number of esters is 1. The second-order valence-corrected chi connectivity index (χ2v) is 2.54. The molecule has 0 aliphatic heterocycles. The Bertz CT molecular complexity index is 369. The molecule has 0 radical (unpaired) electrons. The molecule has 0 atom stereocenters. The van der Waals surface area contributed by atoms with Gasteiger partial charge in [-0.1, -0.05) is 0 Å². The highest BCUT2D eigenvalue weighted by Crippen LogP contribution is 2.07. The average molecular weight is 197 g/mol. The highest BCUT2D eigenvalue weighted by atomic mass is 16.5. The third kappa shape index (κ3) is 1.73. The normalized spacial score (nSPS) is 9.86. The van der Waals surface area contributed by atoms with Gasteiger partial charge in [0.1, 0.15) is 0 Å². The third-order valence-corrected chi connectivity index (χ3v) is 1.63. The van der Waals surface area contributed by atoms with Gasteiger partial charge in [-0.2, -0.15) is 5.10 Å². The SMILES string of the molecule is CCOC(=O)c1c(C(=O)[O-])cnn1C. The molecule has 1 aromatic rings. The Labute approximate surface area is 80.1 Å². The lowest BCUT2D eigenvalue weighted by Crippen LogP contribution is -2.25. The van der Waals surface area contributed by atoms with E-state index in [1.165, 1.54) is 7.05 Å². The molecule has 0 aliphatic rings. The van der Waals surface area contributed by atoms with Crippen LogP contribution in [0, 0.1) is 0 Å². The van der Waals surface area contributed by atoms with Crippen molar-refractivity contribution in [2.45, 2.75) is 6.92 Å². The molecule has 1 rings (SSSR count). The lowest BCUT2D eigenvalue weighted by molar-refractivity contribution is -0.255. The van der Waals surface area contributed by atoms with Crippen molar-refractivity contribution in [3.8, 4) is 0 Å². The molecule has 0 spiro atoms. The van der Waals surface area contributed by atoms with Crippen LogP contribution in [-0.4, -0.2) is 28.3 Å². The summed E-state index contributed by atoms with van der Waals surface area (Å²) in [7, 11) is 1.46. The number of carbonyl (C=O) groups is 2. The van der Waals surface area contributed by atoms with Gasteiger partial charge in [0.05, 0.1) is 24.3 Å². The van der Waals surface area contributed by atoms with Gasteiger partial charge in [-0.05, 0) is 6.92 Å². The van der Waals surface area contributed by atoms with Gasteiger partial charge in [0.15, 0.2) is 5.69 Å². The number of aromatic carboxylic acids is 1. The molecule has 76 valence electrons. The topological polar surface area (TPSA) is 84.2 Å². The van der Waals surface area contributed by atoms with Crippen molar-refractivity contribution in [3.63, 3.8) is 0 Å². The molecule has 0 aromatic carbocycles. The number of rotatable bonds is 3. The summed E-state index contributed by atoms with van der Waals surface area (Å²) in [6.07, 6.45) is 1.06. The minimum absolute atomic E-state index is 0.105. The fourth-order valence-corrected chi connectivity index (χ4v) is 1.03. The summed E-state index contributed by atoms with van der Waals surface area (Å²) in [5, 5.41) is 14.2. The number of nitrogens with zero attached hydrogens (tertiary/aromatic N) is 2. The van der Waals surface area contributed by atoms with E-state index in [9.17, 15) is 14.7 Å². The third-order valence-electron chi connectivity index (χ3n) is 1.63. The molecule has 1 aromatic heterocycles. The molecule has 0 unspecified atom stereocenters. The lowest BCUT2D eigenvalue weighted by Gasteiger charge is -2.05. The van der Waals surface area contributed by atoms with Crippen LogP contribution in [0.5, 0.6) is 0 Å². The lowest BCUT2D eigenvalue weighted by atomic mass is 10.2. The molecule has 6 heteroatoms. The molecular formula is C8H9N2O4-. The van der Waals surface area contributed by atoms with Crippen LogP contribution in [-0.2, 0) is 11.8 Å². The van der Waals surface area contributed by atoms with Crippen LogP contribution in [0.1, 0.15) is 27.8 Å². The molecule has 6 nitrogen and oxygen atoms in total. The number of aryl methyl sites for hydroxylation is 1. The highest BCUT2D eigenvalue weighted by molar-refractivity contribution is 6.00. The van der Waals surface area contributed by atoms with Crippen LogP contribution < -0.4 is 5.11 Å². The maximum atomic E-state index is 11.3. The summed E-state index contributed by atoms with van der Waals surface area (Å²) in [5.74, 6) is -2.16. The second kappa shape index (κ2) is 3.91. The summed E-state index contributed by atoms with van der Waals surface area (Å²) in [4.78, 5) is 21.8. The number of aromatic nitrogens is 2. The number of carboxylic acids is 1. The van der Waals surface area contributed by atoms with E-state index in [4.69, 9.17) is 0 Å². The van der Waals surface area contributed by atoms with Gasteiger partial charge in [-0.15, -0.1) is 0 Å². The van der Waals surface area contributed by atoms with Gasteiger partial charge in [0.25, 0.3) is 0 Å². The number of hydrogen-bond donors (Lipinski definition) is 0. The summed E-state index contributed by atoms with van der Waals surface area (Å²) in [6, 6.07) is 0. The van der Waals surface area contributed by atoms with Gasteiger partial charge in [-0.25, -0.2) is 4.79 Å². The predicted molar refractivity (Wildman–Crippen MR) is 43.5 cm³/mol. The molecule has 0 saturated carbocycles. The first-order chi connectivity index (χ1) is 6.57. The first-order valence-corrected chi connectivity index (χ1v) is 3.98. The molecular weight excluding hydrogens is 188 g/mol. The summed E-state index contributed by atoms with van der Waals surface area (Å²) < 4.78 is 5.81. The zero-order valence-corrected chi connectivity index (χ0v) is 7.81.